The lowest BCUT2D eigenvalue weighted by molar-refractivity contribution is -0.187. The monoisotopic (exact) mass is 713 g/mol. The zero-order valence-electron chi connectivity index (χ0n) is 23.5. The summed E-state index contributed by atoms with van der Waals surface area (Å²) in [6, 6.07) is 7.24. The number of aromatic nitrogens is 3. The number of hydrogen-bond acceptors (Lipinski definition) is 7. The predicted molar refractivity (Wildman–Crippen MR) is 155 cm³/mol. The number of nitrogens with two attached hydrogens (primary N) is 1. The van der Waals surface area contributed by atoms with Gasteiger partial charge in [-0.05, 0) is 48.9 Å². The van der Waals surface area contributed by atoms with Crippen molar-refractivity contribution in [3.05, 3.63) is 69.2 Å². The number of fused-ring (bicyclic) bond motifs is 1. The van der Waals surface area contributed by atoms with Crippen LogP contribution in [0.5, 0.6) is 5.88 Å². The molecule has 20 heteroatoms. The smallest absolute Gasteiger partial charge is 0.416 e. The van der Waals surface area contributed by atoms with Crippen molar-refractivity contribution in [2.75, 3.05) is 17.2 Å². The van der Waals surface area contributed by atoms with Gasteiger partial charge in [-0.2, -0.15) is 36.3 Å². The van der Waals surface area contributed by atoms with Crippen LogP contribution in [-0.4, -0.2) is 51.5 Å². The highest BCUT2D eigenvalue weighted by Gasteiger charge is 2.53. The maximum absolute atomic E-state index is 13.1. The highest BCUT2D eigenvalue weighted by atomic mass is 35.5. The number of benzene rings is 2. The number of imidazole rings is 1. The van der Waals surface area contributed by atoms with Crippen LogP contribution in [-0.2, 0) is 17.5 Å². The van der Waals surface area contributed by atoms with Crippen molar-refractivity contribution in [1.29, 1.82) is 0 Å². The number of ether oxygens (including phenoxy) is 1. The topological polar surface area (TPSA) is 147 Å². The molecule has 1 atom stereocenters. The zero-order valence-corrected chi connectivity index (χ0v) is 25.0. The predicted octanol–water partition coefficient (Wildman–Crippen LogP) is 6.82. The number of nitrogens with one attached hydrogen (secondary N) is 4. The molecule has 6 N–H and O–H groups in total. The number of amides is 2. The first-order chi connectivity index (χ1) is 21.8. The number of rotatable bonds is 10. The fraction of sp³-hybridized carbons (Fsp3) is 0.259. The van der Waals surface area contributed by atoms with Gasteiger partial charge in [0, 0.05) is 12.2 Å². The van der Waals surface area contributed by atoms with E-state index in [0.717, 1.165) is 30.3 Å². The van der Waals surface area contributed by atoms with E-state index in [1.807, 2.05) is 0 Å². The van der Waals surface area contributed by atoms with E-state index in [9.17, 15) is 44.7 Å². The largest absolute Gasteiger partial charge is 0.471 e. The first-order valence-corrected chi connectivity index (χ1v) is 13.7. The summed E-state index contributed by atoms with van der Waals surface area (Å²) in [6.45, 7) is -1.13. The average molecular weight is 714 g/mol. The van der Waals surface area contributed by atoms with Gasteiger partial charge in [0.15, 0.2) is 17.8 Å². The van der Waals surface area contributed by atoms with Crippen LogP contribution in [0.3, 0.4) is 0 Å². The van der Waals surface area contributed by atoms with Gasteiger partial charge in [-0.15, -0.1) is 0 Å². The molecule has 0 fully saturated rings. The summed E-state index contributed by atoms with van der Waals surface area (Å²) in [6.07, 6.45) is -12.6. The van der Waals surface area contributed by atoms with E-state index >= 15 is 0 Å². The lowest BCUT2D eigenvalue weighted by Crippen LogP contribution is -2.61. The Bertz CT molecular complexity index is 1800. The van der Waals surface area contributed by atoms with Crippen LogP contribution >= 0.6 is 23.2 Å². The Balaban J connectivity index is 1.60. The molecule has 4 rings (SSSR count). The second kappa shape index (κ2) is 13.4. The van der Waals surface area contributed by atoms with Crippen molar-refractivity contribution in [2.24, 2.45) is 5.73 Å². The first-order valence-electron chi connectivity index (χ1n) is 13.0. The number of aromatic amines is 1. The molecular formula is C27H21Cl2F8N7O3. The summed E-state index contributed by atoms with van der Waals surface area (Å²) in [4.78, 5) is 36.0. The SMILES string of the molecule is CC(N)(C(=O)NCc1ccc(Cl)c(Nc2nc3nc(OCC(F)F)c(C(=O)Nc4ccc(C(F)(F)F)cc4)cc3[nH]2)c1Cl)C(F)(F)F. The van der Waals surface area contributed by atoms with E-state index in [0.29, 0.717) is 6.92 Å². The molecular weight excluding hydrogens is 693 g/mol. The number of nitrogens with zero attached hydrogens (tertiary/aromatic N) is 2. The van der Waals surface area contributed by atoms with Crippen molar-refractivity contribution in [3.63, 3.8) is 0 Å². The molecule has 252 valence electrons. The molecule has 0 saturated carbocycles. The van der Waals surface area contributed by atoms with E-state index < -0.39 is 60.7 Å². The number of H-pyrrole nitrogens is 1. The van der Waals surface area contributed by atoms with Gasteiger partial charge in [0.1, 0.15) is 5.56 Å². The van der Waals surface area contributed by atoms with Gasteiger partial charge in [0.05, 0.1) is 26.8 Å². The Hall–Kier alpha value is -4.42. The van der Waals surface area contributed by atoms with Gasteiger partial charge in [-0.25, -0.2) is 8.78 Å². The number of halogens is 10. The number of pyridine rings is 1. The fourth-order valence-electron chi connectivity index (χ4n) is 3.79. The van der Waals surface area contributed by atoms with Crippen molar-refractivity contribution >= 4 is 63.5 Å². The summed E-state index contributed by atoms with van der Waals surface area (Å²) in [5.74, 6) is -3.16. The van der Waals surface area contributed by atoms with Crippen molar-refractivity contribution in [2.45, 2.75) is 37.8 Å². The molecule has 2 aromatic heterocycles. The Morgan fingerprint density at radius 3 is 2.28 bits per heavy atom. The maximum Gasteiger partial charge on any atom is 0.416 e. The molecule has 0 saturated heterocycles. The standard InChI is InChI=1S/C27H21Cl2F8N7O3/c1-25(38,27(35,36)37)23(46)39-9-11-2-7-15(28)19(18(11)29)42-24-41-16-8-14(22(43-20(16)44-24)47-10-17(30)31)21(45)40-13-5-3-12(4-6-13)26(32,33)34/h2-8,17H,9-10,38H2,1H3,(H,39,46)(H,40,45)(H2,41,42,43,44). The summed E-state index contributed by atoms with van der Waals surface area (Å²) in [7, 11) is 0. The summed E-state index contributed by atoms with van der Waals surface area (Å²) >= 11 is 12.7. The Kier molecular flexibility index (Phi) is 10.1. The third-order valence-corrected chi connectivity index (χ3v) is 7.16. The maximum atomic E-state index is 13.1. The molecule has 0 aliphatic carbocycles. The second-order valence-electron chi connectivity index (χ2n) is 9.93. The molecule has 1 unspecified atom stereocenters. The van der Waals surface area contributed by atoms with E-state index in [1.165, 1.54) is 12.1 Å². The number of anilines is 3. The number of hydrogen-bond donors (Lipinski definition) is 5. The van der Waals surface area contributed by atoms with E-state index in [-0.39, 0.29) is 49.7 Å². The van der Waals surface area contributed by atoms with Gasteiger partial charge < -0.3 is 31.4 Å². The van der Waals surface area contributed by atoms with Crippen LogP contribution in [0.15, 0.2) is 42.5 Å². The van der Waals surface area contributed by atoms with Gasteiger partial charge in [-0.1, -0.05) is 29.3 Å². The van der Waals surface area contributed by atoms with E-state index in [2.05, 4.69) is 30.9 Å². The van der Waals surface area contributed by atoms with Gasteiger partial charge in [0.25, 0.3) is 12.3 Å². The highest BCUT2D eigenvalue weighted by Crippen LogP contribution is 2.36. The quantitative estimate of drug-likeness (QED) is 0.113. The van der Waals surface area contributed by atoms with Gasteiger partial charge in [-0.3, -0.25) is 9.59 Å². The highest BCUT2D eigenvalue weighted by molar-refractivity contribution is 6.39. The molecule has 0 radical (unpaired) electrons. The summed E-state index contributed by atoms with van der Waals surface area (Å²) in [5, 5.41) is 7.02. The molecule has 2 amide bonds. The summed E-state index contributed by atoms with van der Waals surface area (Å²) in [5.41, 5.74) is 0.579. The fourth-order valence-corrected chi connectivity index (χ4v) is 4.33. The third kappa shape index (κ3) is 8.12. The molecule has 0 aliphatic rings. The molecule has 2 heterocycles. The Morgan fingerprint density at radius 2 is 1.68 bits per heavy atom. The van der Waals surface area contributed by atoms with Crippen LogP contribution in [0.4, 0.5) is 52.4 Å². The van der Waals surface area contributed by atoms with Gasteiger partial charge in [0.2, 0.25) is 17.7 Å². The number of alkyl halides is 8. The minimum absolute atomic E-state index is 0.00927. The third-order valence-electron chi connectivity index (χ3n) is 6.41. The van der Waals surface area contributed by atoms with E-state index in [4.69, 9.17) is 33.7 Å². The minimum Gasteiger partial charge on any atom is -0.471 e. The minimum atomic E-state index is -5.03. The lowest BCUT2D eigenvalue weighted by Gasteiger charge is -2.26. The van der Waals surface area contributed by atoms with Crippen LogP contribution in [0.2, 0.25) is 10.0 Å². The Labute approximate surface area is 269 Å². The molecule has 0 aliphatic heterocycles. The van der Waals surface area contributed by atoms with Crippen LogP contribution in [0.25, 0.3) is 11.2 Å². The molecule has 2 aromatic carbocycles. The van der Waals surface area contributed by atoms with Crippen molar-refractivity contribution in [1.82, 2.24) is 20.3 Å². The normalized spacial score (nSPS) is 13.4. The van der Waals surface area contributed by atoms with Crippen LogP contribution in [0, 0.1) is 0 Å². The Morgan fingerprint density at radius 1 is 1.02 bits per heavy atom. The number of carbonyl (C=O) groups excluding carboxylic acids is 2. The first kappa shape index (κ1) is 35.4. The van der Waals surface area contributed by atoms with Crippen molar-refractivity contribution in [3.8, 4) is 5.88 Å². The molecule has 0 spiro atoms. The van der Waals surface area contributed by atoms with Crippen LogP contribution in [0.1, 0.15) is 28.4 Å². The van der Waals surface area contributed by atoms with E-state index in [1.54, 1.807) is 0 Å². The molecule has 0 bridgehead atoms. The molecule has 4 aromatic rings. The van der Waals surface area contributed by atoms with Crippen molar-refractivity contribution < 1.29 is 49.4 Å². The average Bonchev–Trinajstić information content (AvgIpc) is 3.37. The molecule has 47 heavy (non-hydrogen) atoms. The lowest BCUT2D eigenvalue weighted by atomic mass is 10.0. The zero-order chi connectivity index (χ0) is 34.9. The second-order valence-corrected chi connectivity index (χ2v) is 10.7. The number of carbonyl (C=O) groups is 2. The molecule has 10 nitrogen and oxygen atoms in total. The summed E-state index contributed by atoms with van der Waals surface area (Å²) < 4.78 is 109. The van der Waals surface area contributed by atoms with Crippen LogP contribution < -0.4 is 26.4 Å². The van der Waals surface area contributed by atoms with Gasteiger partial charge >= 0.3 is 12.4 Å².